The Morgan fingerprint density at radius 1 is 1.10 bits per heavy atom. The Balaban J connectivity index is 1.60. The molecular formula is C19H18ClN7O3. The van der Waals surface area contributed by atoms with E-state index in [4.69, 9.17) is 11.6 Å². The van der Waals surface area contributed by atoms with E-state index in [1.54, 1.807) is 29.9 Å². The van der Waals surface area contributed by atoms with E-state index >= 15 is 0 Å². The number of hydrogen-bond acceptors (Lipinski definition) is 5. The van der Waals surface area contributed by atoms with Crippen molar-refractivity contribution in [3.05, 3.63) is 62.5 Å². The molecule has 1 aromatic carbocycles. The summed E-state index contributed by atoms with van der Waals surface area (Å²) in [6.45, 7) is -0.147. The Hall–Kier alpha value is -3.66. The Morgan fingerprint density at radius 3 is 2.50 bits per heavy atom. The van der Waals surface area contributed by atoms with Gasteiger partial charge in [0, 0.05) is 37.8 Å². The van der Waals surface area contributed by atoms with E-state index in [9.17, 15) is 14.4 Å². The van der Waals surface area contributed by atoms with Gasteiger partial charge >= 0.3 is 5.69 Å². The number of hydrogen-bond donors (Lipinski definition) is 1. The van der Waals surface area contributed by atoms with Gasteiger partial charge in [0.1, 0.15) is 12.4 Å². The van der Waals surface area contributed by atoms with Crippen LogP contribution in [0.3, 0.4) is 0 Å². The highest BCUT2D eigenvalue weighted by Crippen LogP contribution is 2.23. The lowest BCUT2D eigenvalue weighted by Gasteiger charge is -2.07. The molecule has 0 saturated heterocycles. The monoisotopic (exact) mass is 427 g/mol. The van der Waals surface area contributed by atoms with Crippen LogP contribution in [0.2, 0.25) is 5.02 Å². The molecule has 0 aliphatic carbocycles. The molecule has 0 spiro atoms. The predicted molar refractivity (Wildman–Crippen MR) is 112 cm³/mol. The Kier molecular flexibility index (Phi) is 4.78. The Labute approximate surface area is 174 Å². The van der Waals surface area contributed by atoms with E-state index in [2.05, 4.69) is 15.4 Å². The van der Waals surface area contributed by atoms with Crippen molar-refractivity contribution in [1.29, 1.82) is 0 Å². The van der Waals surface area contributed by atoms with Crippen LogP contribution >= 0.6 is 11.6 Å². The molecule has 0 unspecified atom stereocenters. The summed E-state index contributed by atoms with van der Waals surface area (Å²) >= 11 is 5.92. The van der Waals surface area contributed by atoms with E-state index in [1.165, 1.54) is 29.6 Å². The van der Waals surface area contributed by atoms with Crippen LogP contribution in [0.5, 0.6) is 0 Å². The number of anilines is 1. The van der Waals surface area contributed by atoms with Gasteiger partial charge in [-0.3, -0.25) is 23.4 Å². The molecule has 4 aromatic rings. The lowest BCUT2D eigenvalue weighted by molar-refractivity contribution is -0.116. The molecule has 0 aliphatic heterocycles. The van der Waals surface area contributed by atoms with Crippen molar-refractivity contribution < 1.29 is 4.79 Å². The van der Waals surface area contributed by atoms with Crippen molar-refractivity contribution in [3.8, 4) is 11.3 Å². The maximum absolute atomic E-state index is 12.6. The molecule has 1 amide bonds. The van der Waals surface area contributed by atoms with Crippen LogP contribution in [-0.4, -0.2) is 34.4 Å². The van der Waals surface area contributed by atoms with E-state index in [0.29, 0.717) is 16.5 Å². The number of fused-ring (bicyclic) bond motifs is 1. The van der Waals surface area contributed by atoms with Crippen LogP contribution in [-0.2, 0) is 32.5 Å². The van der Waals surface area contributed by atoms with E-state index in [-0.39, 0.29) is 23.6 Å². The fraction of sp³-hybridized carbons (Fsp3) is 0.211. The van der Waals surface area contributed by atoms with Gasteiger partial charge in [0.05, 0.1) is 12.0 Å². The molecular weight excluding hydrogens is 410 g/mol. The number of rotatable bonds is 4. The normalized spacial score (nSPS) is 11.2. The lowest BCUT2D eigenvalue weighted by atomic mass is 10.1. The summed E-state index contributed by atoms with van der Waals surface area (Å²) < 4.78 is 5.22. The van der Waals surface area contributed by atoms with Gasteiger partial charge in [-0.15, -0.1) is 0 Å². The van der Waals surface area contributed by atoms with Crippen LogP contribution in [0.25, 0.3) is 22.4 Å². The topological polar surface area (TPSA) is 109 Å². The second-order valence-electron chi connectivity index (χ2n) is 6.84. The molecule has 0 fully saturated rings. The van der Waals surface area contributed by atoms with Crippen LogP contribution in [0.4, 0.5) is 5.82 Å². The zero-order chi connectivity index (χ0) is 21.6. The maximum atomic E-state index is 12.6. The summed E-state index contributed by atoms with van der Waals surface area (Å²) in [4.78, 5) is 41.3. The first-order chi connectivity index (χ1) is 14.3. The number of nitrogens with zero attached hydrogens (tertiary/aromatic N) is 6. The highest BCUT2D eigenvalue weighted by atomic mass is 35.5. The van der Waals surface area contributed by atoms with Gasteiger partial charge in [-0.05, 0) is 12.1 Å². The van der Waals surface area contributed by atoms with E-state index < -0.39 is 11.2 Å². The van der Waals surface area contributed by atoms with E-state index in [1.807, 2.05) is 12.1 Å². The van der Waals surface area contributed by atoms with Gasteiger partial charge in [0.25, 0.3) is 5.56 Å². The number of carbonyl (C=O) groups excluding carboxylic acids is 1. The quantitative estimate of drug-likeness (QED) is 0.525. The van der Waals surface area contributed by atoms with Gasteiger partial charge in [-0.1, -0.05) is 23.7 Å². The van der Waals surface area contributed by atoms with Gasteiger partial charge in [-0.2, -0.15) is 5.10 Å². The first-order valence-electron chi connectivity index (χ1n) is 8.97. The molecule has 154 valence electrons. The molecule has 1 N–H and O–H groups in total. The summed E-state index contributed by atoms with van der Waals surface area (Å²) in [5.41, 5.74) is 0.959. The third-order valence-electron chi connectivity index (χ3n) is 4.82. The van der Waals surface area contributed by atoms with Crippen molar-refractivity contribution in [3.63, 3.8) is 0 Å². The number of aromatic nitrogens is 6. The van der Waals surface area contributed by atoms with Crippen molar-refractivity contribution in [1.82, 2.24) is 28.5 Å². The summed E-state index contributed by atoms with van der Waals surface area (Å²) in [7, 11) is 4.62. The number of benzene rings is 1. The molecule has 4 rings (SSSR count). The molecule has 30 heavy (non-hydrogen) atoms. The summed E-state index contributed by atoms with van der Waals surface area (Å²) in [5, 5.41) is 7.81. The van der Waals surface area contributed by atoms with Gasteiger partial charge in [0.2, 0.25) is 5.91 Å². The predicted octanol–water partition coefficient (Wildman–Crippen LogP) is 1.13. The fourth-order valence-electron chi connectivity index (χ4n) is 3.20. The zero-order valence-electron chi connectivity index (χ0n) is 16.5. The highest BCUT2D eigenvalue weighted by Gasteiger charge is 2.17. The molecule has 0 saturated carbocycles. The zero-order valence-corrected chi connectivity index (χ0v) is 17.2. The molecule has 0 atom stereocenters. The minimum atomic E-state index is -0.510. The minimum absolute atomic E-state index is 0.147. The SMILES string of the molecule is Cn1nc(-c2ccc(Cl)cc2)cc1NC(=O)Cn1cnc2c1c(=O)n(C)c(=O)n2C. The number of halogens is 1. The number of imidazole rings is 1. The molecule has 11 heteroatoms. The van der Waals surface area contributed by atoms with E-state index in [0.717, 1.165) is 10.1 Å². The van der Waals surface area contributed by atoms with Gasteiger partial charge in [-0.25, -0.2) is 9.78 Å². The van der Waals surface area contributed by atoms with Crippen molar-refractivity contribution in [2.45, 2.75) is 6.54 Å². The van der Waals surface area contributed by atoms with Crippen LogP contribution < -0.4 is 16.6 Å². The minimum Gasteiger partial charge on any atom is -0.315 e. The third-order valence-corrected chi connectivity index (χ3v) is 5.07. The third kappa shape index (κ3) is 3.30. The van der Waals surface area contributed by atoms with Gasteiger partial charge < -0.3 is 9.88 Å². The van der Waals surface area contributed by atoms with Crippen LogP contribution in [0, 0.1) is 0 Å². The second-order valence-corrected chi connectivity index (χ2v) is 7.28. The lowest BCUT2D eigenvalue weighted by Crippen LogP contribution is -2.37. The summed E-state index contributed by atoms with van der Waals surface area (Å²) in [6, 6.07) is 8.96. The molecule has 10 nitrogen and oxygen atoms in total. The van der Waals surface area contributed by atoms with Crippen molar-refractivity contribution in [2.75, 3.05) is 5.32 Å². The second kappa shape index (κ2) is 7.30. The largest absolute Gasteiger partial charge is 0.332 e. The van der Waals surface area contributed by atoms with Crippen molar-refractivity contribution in [2.24, 2.45) is 21.1 Å². The fourth-order valence-corrected chi connectivity index (χ4v) is 3.33. The molecule has 0 bridgehead atoms. The molecule has 0 radical (unpaired) electrons. The average molecular weight is 428 g/mol. The smallest absolute Gasteiger partial charge is 0.315 e. The van der Waals surface area contributed by atoms with Crippen LogP contribution in [0.1, 0.15) is 0 Å². The number of nitrogens with one attached hydrogen (secondary N) is 1. The van der Waals surface area contributed by atoms with Crippen molar-refractivity contribution >= 4 is 34.5 Å². The standard InChI is InChI=1S/C19H18ClN7O3/c1-24-17-16(18(29)25(2)19(24)30)27(10-21-17)9-15(28)22-14-8-13(23-26(14)3)11-4-6-12(20)7-5-11/h4-8,10H,9H2,1-3H3,(H,22,28). The number of carbonyl (C=O) groups is 1. The number of aryl methyl sites for hydroxylation is 2. The molecule has 3 heterocycles. The van der Waals surface area contributed by atoms with Gasteiger partial charge in [0.15, 0.2) is 11.2 Å². The first-order valence-corrected chi connectivity index (χ1v) is 9.34. The highest BCUT2D eigenvalue weighted by molar-refractivity contribution is 6.30. The Bertz CT molecular complexity index is 1390. The molecule has 3 aromatic heterocycles. The summed E-state index contributed by atoms with van der Waals surface area (Å²) in [6.07, 6.45) is 1.37. The molecule has 0 aliphatic rings. The first kappa shape index (κ1) is 19.6. The van der Waals surface area contributed by atoms with Crippen LogP contribution in [0.15, 0.2) is 46.2 Å². The summed E-state index contributed by atoms with van der Waals surface area (Å²) in [5.74, 6) is 0.130. The number of amides is 1. The maximum Gasteiger partial charge on any atom is 0.332 e. The average Bonchev–Trinajstić information content (AvgIpc) is 3.29. The Morgan fingerprint density at radius 2 is 1.80 bits per heavy atom.